The third kappa shape index (κ3) is 2.07. The van der Waals surface area contributed by atoms with Gasteiger partial charge in [0.05, 0.1) is 0 Å². The molecule has 1 aliphatic heterocycles. The number of likely N-dealkylation sites (N-methyl/N-ethyl adjacent to an activating group) is 1. The van der Waals surface area contributed by atoms with E-state index in [9.17, 15) is 13.2 Å². The first kappa shape index (κ1) is 12.2. The number of alkyl halides is 3. The van der Waals surface area contributed by atoms with Gasteiger partial charge in [0.15, 0.2) is 0 Å². The van der Waals surface area contributed by atoms with Crippen LogP contribution < -0.4 is 5.32 Å². The zero-order valence-electron chi connectivity index (χ0n) is 9.61. The average Bonchev–Trinajstić information content (AvgIpc) is 2.98. The van der Waals surface area contributed by atoms with E-state index < -0.39 is 11.7 Å². The lowest BCUT2D eigenvalue weighted by atomic mass is 10.0. The number of nitrogens with zero attached hydrogens (tertiary/aromatic N) is 1. The average molecular weight is 236 g/mol. The molecule has 1 saturated heterocycles. The smallest absolute Gasteiger partial charge is 0.313 e. The predicted octanol–water partition coefficient (Wildman–Crippen LogP) is 2.16. The van der Waals surface area contributed by atoms with Crippen molar-refractivity contribution >= 4 is 0 Å². The Balaban J connectivity index is 1.99. The van der Waals surface area contributed by atoms with E-state index in [0.717, 1.165) is 19.4 Å². The Morgan fingerprint density at radius 3 is 2.56 bits per heavy atom. The third-order valence-electron chi connectivity index (χ3n) is 3.77. The molecule has 1 aliphatic carbocycles. The van der Waals surface area contributed by atoms with Crippen LogP contribution in [-0.2, 0) is 0 Å². The molecule has 0 amide bonds. The van der Waals surface area contributed by atoms with Gasteiger partial charge in [-0.3, -0.25) is 4.90 Å². The van der Waals surface area contributed by atoms with Crippen LogP contribution in [0.3, 0.4) is 0 Å². The summed E-state index contributed by atoms with van der Waals surface area (Å²) < 4.78 is 38.8. The zero-order valence-corrected chi connectivity index (χ0v) is 9.61. The van der Waals surface area contributed by atoms with Crippen molar-refractivity contribution in [1.82, 2.24) is 10.2 Å². The molecule has 2 fully saturated rings. The Labute approximate surface area is 94.2 Å². The van der Waals surface area contributed by atoms with E-state index in [4.69, 9.17) is 0 Å². The van der Waals surface area contributed by atoms with Gasteiger partial charge in [-0.25, -0.2) is 0 Å². The number of rotatable bonds is 3. The maximum atomic E-state index is 12.9. The lowest BCUT2D eigenvalue weighted by molar-refractivity contribution is -0.199. The molecule has 1 heterocycles. The van der Waals surface area contributed by atoms with Gasteiger partial charge >= 0.3 is 6.18 Å². The van der Waals surface area contributed by atoms with E-state index in [-0.39, 0.29) is 18.9 Å². The molecule has 1 saturated carbocycles. The summed E-state index contributed by atoms with van der Waals surface area (Å²) in [6.45, 7) is 3.97. The highest BCUT2D eigenvalue weighted by molar-refractivity contribution is 5.10. The Morgan fingerprint density at radius 1 is 1.38 bits per heavy atom. The van der Waals surface area contributed by atoms with Gasteiger partial charge in [0.25, 0.3) is 0 Å². The first-order valence-corrected chi connectivity index (χ1v) is 6.05. The molecule has 1 atom stereocenters. The van der Waals surface area contributed by atoms with Crippen molar-refractivity contribution in [3.05, 3.63) is 0 Å². The molecule has 16 heavy (non-hydrogen) atoms. The Kier molecular flexibility index (Phi) is 3.18. The first-order valence-electron chi connectivity index (χ1n) is 6.05. The predicted molar refractivity (Wildman–Crippen MR) is 56.3 cm³/mol. The van der Waals surface area contributed by atoms with E-state index in [1.165, 1.54) is 0 Å². The topological polar surface area (TPSA) is 15.3 Å². The number of hydrogen-bond donors (Lipinski definition) is 1. The molecule has 2 rings (SSSR count). The van der Waals surface area contributed by atoms with Crippen LogP contribution in [0.4, 0.5) is 13.2 Å². The minimum atomic E-state index is -4.05. The molecule has 94 valence electrons. The summed E-state index contributed by atoms with van der Waals surface area (Å²) in [7, 11) is 0. The number of nitrogens with one attached hydrogen (secondary N) is 1. The summed E-state index contributed by atoms with van der Waals surface area (Å²) in [5.41, 5.74) is -1.47. The van der Waals surface area contributed by atoms with Crippen LogP contribution in [0.25, 0.3) is 0 Å². The fourth-order valence-electron chi connectivity index (χ4n) is 2.72. The van der Waals surface area contributed by atoms with Gasteiger partial charge in [0, 0.05) is 12.6 Å². The van der Waals surface area contributed by atoms with Gasteiger partial charge in [0.1, 0.15) is 5.54 Å². The van der Waals surface area contributed by atoms with E-state index in [1.54, 1.807) is 4.90 Å². The molecule has 5 heteroatoms. The highest BCUT2D eigenvalue weighted by atomic mass is 19.4. The van der Waals surface area contributed by atoms with Crippen molar-refractivity contribution in [3.8, 4) is 0 Å². The van der Waals surface area contributed by atoms with Crippen molar-refractivity contribution in [2.24, 2.45) is 0 Å². The van der Waals surface area contributed by atoms with Crippen molar-refractivity contribution in [2.45, 2.75) is 50.4 Å². The van der Waals surface area contributed by atoms with Gasteiger partial charge in [-0.2, -0.15) is 13.2 Å². The van der Waals surface area contributed by atoms with E-state index in [1.807, 2.05) is 6.92 Å². The zero-order chi connectivity index (χ0) is 11.8. The van der Waals surface area contributed by atoms with Crippen LogP contribution in [0.5, 0.6) is 0 Å². The molecule has 1 unspecified atom stereocenters. The minimum absolute atomic E-state index is 0.235. The van der Waals surface area contributed by atoms with Crippen LogP contribution in [-0.4, -0.2) is 42.3 Å². The molecule has 0 aromatic rings. The minimum Gasteiger partial charge on any atom is -0.313 e. The van der Waals surface area contributed by atoms with Gasteiger partial charge in [-0.1, -0.05) is 6.92 Å². The second kappa shape index (κ2) is 4.18. The lowest BCUT2D eigenvalue weighted by Gasteiger charge is -2.39. The maximum absolute atomic E-state index is 12.9. The van der Waals surface area contributed by atoms with E-state index >= 15 is 0 Å². The van der Waals surface area contributed by atoms with Gasteiger partial charge in [0.2, 0.25) is 0 Å². The van der Waals surface area contributed by atoms with E-state index in [2.05, 4.69) is 5.32 Å². The normalized spacial score (nSPS) is 30.4. The molecule has 0 bridgehead atoms. The number of hydrogen-bond acceptors (Lipinski definition) is 2. The summed E-state index contributed by atoms with van der Waals surface area (Å²) in [5, 5.41) is 3.26. The number of piperidine rings is 1. The first-order chi connectivity index (χ1) is 7.49. The van der Waals surface area contributed by atoms with Gasteiger partial charge in [-0.05, 0) is 38.8 Å². The fourth-order valence-corrected chi connectivity index (χ4v) is 2.72. The quantitative estimate of drug-likeness (QED) is 0.807. The van der Waals surface area contributed by atoms with Crippen LogP contribution in [0, 0.1) is 0 Å². The summed E-state index contributed by atoms with van der Waals surface area (Å²) >= 11 is 0. The van der Waals surface area contributed by atoms with Crippen molar-refractivity contribution in [3.63, 3.8) is 0 Å². The Bertz CT molecular complexity index is 246. The van der Waals surface area contributed by atoms with Gasteiger partial charge < -0.3 is 5.32 Å². The summed E-state index contributed by atoms with van der Waals surface area (Å²) in [6.07, 6.45) is -1.61. The largest absolute Gasteiger partial charge is 0.406 e. The molecule has 2 nitrogen and oxygen atoms in total. The highest BCUT2D eigenvalue weighted by Crippen LogP contribution is 2.54. The molecular formula is C11H19F3N2. The number of halogens is 3. The molecule has 2 aliphatic rings. The lowest BCUT2D eigenvalue weighted by Crippen LogP contribution is -2.55. The van der Waals surface area contributed by atoms with E-state index in [0.29, 0.717) is 13.1 Å². The molecular weight excluding hydrogens is 217 g/mol. The standard InChI is InChI=1S/C11H19F3N2/c1-2-15-9-4-3-7-16(8-9)10(5-6-10)11(12,13)14/h9,15H,2-8H2,1H3. The molecule has 1 N–H and O–H groups in total. The maximum Gasteiger partial charge on any atom is 0.406 e. The highest BCUT2D eigenvalue weighted by Gasteiger charge is 2.66. The summed E-state index contributed by atoms with van der Waals surface area (Å²) in [5.74, 6) is 0. The SMILES string of the molecule is CCNC1CCCN(C2(C(F)(F)F)CC2)C1. The molecule has 0 aromatic heterocycles. The molecule has 0 spiro atoms. The van der Waals surface area contributed by atoms with Crippen molar-refractivity contribution < 1.29 is 13.2 Å². The van der Waals surface area contributed by atoms with Crippen LogP contribution >= 0.6 is 0 Å². The Hall–Kier alpha value is -0.290. The molecule has 0 radical (unpaired) electrons. The van der Waals surface area contributed by atoms with Crippen molar-refractivity contribution in [2.75, 3.05) is 19.6 Å². The summed E-state index contributed by atoms with van der Waals surface area (Å²) in [6, 6.07) is 0.235. The van der Waals surface area contributed by atoms with Crippen molar-refractivity contribution in [1.29, 1.82) is 0 Å². The third-order valence-corrected chi connectivity index (χ3v) is 3.77. The number of likely N-dealkylation sites (tertiary alicyclic amines) is 1. The van der Waals surface area contributed by atoms with Crippen LogP contribution in [0.1, 0.15) is 32.6 Å². The monoisotopic (exact) mass is 236 g/mol. The second-order valence-electron chi connectivity index (χ2n) is 4.87. The Morgan fingerprint density at radius 2 is 2.06 bits per heavy atom. The van der Waals surface area contributed by atoms with Crippen LogP contribution in [0.15, 0.2) is 0 Å². The fraction of sp³-hybridized carbons (Fsp3) is 1.00. The van der Waals surface area contributed by atoms with Gasteiger partial charge in [-0.15, -0.1) is 0 Å². The van der Waals surface area contributed by atoms with Crippen LogP contribution in [0.2, 0.25) is 0 Å². The second-order valence-corrected chi connectivity index (χ2v) is 4.87. The molecule has 0 aromatic carbocycles. The summed E-state index contributed by atoms with van der Waals surface area (Å²) in [4.78, 5) is 1.66.